The van der Waals surface area contributed by atoms with Crippen molar-refractivity contribution in [2.75, 3.05) is 0 Å². The van der Waals surface area contributed by atoms with Gasteiger partial charge < -0.3 is 9.67 Å². The minimum atomic E-state index is -3.01. The van der Waals surface area contributed by atoms with E-state index in [-0.39, 0.29) is 0 Å². The molecule has 0 saturated heterocycles. The van der Waals surface area contributed by atoms with Crippen molar-refractivity contribution < 1.29 is 9.67 Å². The van der Waals surface area contributed by atoms with E-state index in [0.717, 1.165) is 5.30 Å². The molecular formula is C17H21O2P. The predicted octanol–water partition coefficient (Wildman–Crippen LogP) is 4.16. The third-order valence-electron chi connectivity index (χ3n) is 3.58. The van der Waals surface area contributed by atoms with E-state index in [1.54, 1.807) is 0 Å². The first kappa shape index (κ1) is 15.0. The topological polar surface area (TPSA) is 37.3 Å². The summed E-state index contributed by atoms with van der Waals surface area (Å²) >= 11 is 0. The van der Waals surface area contributed by atoms with E-state index in [1.165, 1.54) is 0 Å². The van der Waals surface area contributed by atoms with Crippen LogP contribution in [0.15, 0.2) is 60.7 Å². The number of aliphatic hydroxyl groups is 1. The maximum atomic E-state index is 13.7. The molecule has 2 aromatic rings. The lowest BCUT2D eigenvalue weighted by molar-refractivity contribution is 0.251. The molecule has 0 aliphatic rings. The molecule has 20 heavy (non-hydrogen) atoms. The van der Waals surface area contributed by atoms with Crippen LogP contribution in [0.5, 0.6) is 0 Å². The Morgan fingerprint density at radius 3 is 1.80 bits per heavy atom. The molecule has 0 saturated carbocycles. The van der Waals surface area contributed by atoms with Crippen LogP contribution >= 0.6 is 7.14 Å². The van der Waals surface area contributed by atoms with Crippen LogP contribution in [0.25, 0.3) is 0 Å². The highest BCUT2D eigenvalue weighted by Crippen LogP contribution is 2.65. The maximum absolute atomic E-state index is 13.7. The number of benzene rings is 2. The van der Waals surface area contributed by atoms with Crippen molar-refractivity contribution in [3.05, 3.63) is 66.2 Å². The zero-order chi connectivity index (χ0) is 14.8. The Bertz CT molecular complexity index is 600. The lowest BCUT2D eigenvalue weighted by Gasteiger charge is -2.35. The fourth-order valence-electron chi connectivity index (χ4n) is 2.38. The second kappa shape index (κ2) is 5.55. The van der Waals surface area contributed by atoms with Gasteiger partial charge in [-0.3, -0.25) is 0 Å². The molecule has 3 heteroatoms. The van der Waals surface area contributed by atoms with E-state index >= 15 is 0 Å². The monoisotopic (exact) mass is 288 g/mol. The number of hydrogen-bond donors (Lipinski definition) is 1. The van der Waals surface area contributed by atoms with Gasteiger partial charge in [0.25, 0.3) is 0 Å². The van der Waals surface area contributed by atoms with E-state index < -0.39 is 18.1 Å². The minimum Gasteiger partial charge on any atom is -0.380 e. The van der Waals surface area contributed by atoms with Gasteiger partial charge in [0.1, 0.15) is 5.85 Å². The summed E-state index contributed by atoms with van der Waals surface area (Å²) in [7, 11) is -3.01. The summed E-state index contributed by atoms with van der Waals surface area (Å²) in [6, 6.07) is 18.6. The van der Waals surface area contributed by atoms with Crippen molar-refractivity contribution in [3.8, 4) is 0 Å². The Labute approximate surface area is 120 Å². The summed E-state index contributed by atoms with van der Waals surface area (Å²) in [6.07, 6.45) is 0. The van der Waals surface area contributed by atoms with Gasteiger partial charge in [-0.25, -0.2) is 0 Å². The molecule has 0 unspecified atom stereocenters. The first-order valence-electron chi connectivity index (χ1n) is 6.76. The molecule has 2 nitrogen and oxygen atoms in total. The fraction of sp³-hybridized carbons (Fsp3) is 0.294. The van der Waals surface area contributed by atoms with Crippen molar-refractivity contribution in [2.45, 2.75) is 31.8 Å². The van der Waals surface area contributed by atoms with Crippen molar-refractivity contribution in [1.29, 1.82) is 0 Å². The normalized spacial score (nSPS) is 16.4. The highest BCUT2D eigenvalue weighted by atomic mass is 31.2. The summed E-state index contributed by atoms with van der Waals surface area (Å²) in [5.74, 6) is -0.980. The minimum absolute atomic E-state index is 0.510. The highest BCUT2D eigenvalue weighted by Gasteiger charge is 2.44. The van der Waals surface area contributed by atoms with Gasteiger partial charge in [-0.2, -0.15) is 0 Å². The standard InChI is InChI=1S/C17H21O2P/c1-17(2,3)20(19,15-12-8-5-9-13-15)16(18)14-10-6-4-7-11-14/h4-13,16,18H,1-3H3/t16-,20-/m1/s1. The lowest BCUT2D eigenvalue weighted by Crippen LogP contribution is -2.27. The predicted molar refractivity (Wildman–Crippen MR) is 84.8 cm³/mol. The molecule has 0 fully saturated rings. The molecule has 0 amide bonds. The molecule has 2 atom stereocenters. The maximum Gasteiger partial charge on any atom is 0.151 e. The van der Waals surface area contributed by atoms with Gasteiger partial charge in [0.15, 0.2) is 7.14 Å². The summed E-state index contributed by atoms with van der Waals surface area (Å²) in [5, 5.41) is 11.0. The van der Waals surface area contributed by atoms with Crippen LogP contribution in [0.3, 0.4) is 0 Å². The van der Waals surface area contributed by atoms with Crippen LogP contribution in [0.4, 0.5) is 0 Å². The van der Waals surface area contributed by atoms with Crippen molar-refractivity contribution in [3.63, 3.8) is 0 Å². The molecule has 0 aliphatic heterocycles. The van der Waals surface area contributed by atoms with Crippen LogP contribution in [0.2, 0.25) is 0 Å². The molecule has 0 aliphatic carbocycles. The van der Waals surface area contributed by atoms with Gasteiger partial charge >= 0.3 is 0 Å². The zero-order valence-electron chi connectivity index (χ0n) is 12.2. The van der Waals surface area contributed by atoms with E-state index in [0.29, 0.717) is 5.56 Å². The van der Waals surface area contributed by atoms with E-state index in [1.807, 2.05) is 81.4 Å². The molecular weight excluding hydrogens is 267 g/mol. The lowest BCUT2D eigenvalue weighted by atomic mass is 10.2. The Morgan fingerprint density at radius 1 is 0.900 bits per heavy atom. The Balaban J connectivity index is 2.58. The molecule has 1 N–H and O–H groups in total. The number of hydrogen-bond acceptors (Lipinski definition) is 2. The summed E-state index contributed by atoms with van der Waals surface area (Å²) in [4.78, 5) is 0. The summed E-state index contributed by atoms with van der Waals surface area (Å²) in [5.41, 5.74) is 0.703. The molecule has 2 aromatic carbocycles. The van der Waals surface area contributed by atoms with Crippen LogP contribution < -0.4 is 5.30 Å². The molecule has 0 bridgehead atoms. The van der Waals surface area contributed by atoms with E-state index in [2.05, 4.69) is 0 Å². The van der Waals surface area contributed by atoms with Crippen LogP contribution in [-0.2, 0) is 4.57 Å². The molecule has 0 heterocycles. The van der Waals surface area contributed by atoms with E-state index in [9.17, 15) is 9.67 Å². The highest BCUT2D eigenvalue weighted by molar-refractivity contribution is 7.73. The van der Waals surface area contributed by atoms with Gasteiger partial charge in [0, 0.05) is 10.5 Å². The first-order chi connectivity index (χ1) is 9.37. The SMILES string of the molecule is CC(C)(C)[P@@](=O)(c1ccccc1)[C@@H](O)c1ccccc1. The fourth-order valence-corrected chi connectivity index (χ4v) is 5.38. The third kappa shape index (κ3) is 2.59. The van der Waals surface area contributed by atoms with Gasteiger partial charge in [-0.05, 0) is 5.56 Å². The number of aliphatic hydroxyl groups excluding tert-OH is 1. The molecule has 0 aromatic heterocycles. The largest absolute Gasteiger partial charge is 0.380 e. The quantitative estimate of drug-likeness (QED) is 0.861. The first-order valence-corrected chi connectivity index (χ1v) is 8.53. The van der Waals surface area contributed by atoms with Crippen molar-refractivity contribution in [1.82, 2.24) is 0 Å². The zero-order valence-corrected chi connectivity index (χ0v) is 13.0. The van der Waals surface area contributed by atoms with Crippen molar-refractivity contribution >= 4 is 12.4 Å². The van der Waals surface area contributed by atoms with Gasteiger partial charge in [0.05, 0.1) is 0 Å². The molecule has 0 radical (unpaired) electrons. The van der Waals surface area contributed by atoms with Crippen LogP contribution in [-0.4, -0.2) is 10.3 Å². The smallest absolute Gasteiger partial charge is 0.151 e. The van der Waals surface area contributed by atoms with Gasteiger partial charge in [-0.15, -0.1) is 0 Å². The average molecular weight is 288 g/mol. The van der Waals surface area contributed by atoms with Gasteiger partial charge in [-0.1, -0.05) is 81.4 Å². The Morgan fingerprint density at radius 2 is 1.35 bits per heavy atom. The Kier molecular flexibility index (Phi) is 4.17. The molecule has 0 spiro atoms. The number of rotatable bonds is 3. The van der Waals surface area contributed by atoms with Gasteiger partial charge in [0.2, 0.25) is 0 Å². The molecule has 106 valence electrons. The Hall–Kier alpha value is -1.37. The summed E-state index contributed by atoms with van der Waals surface area (Å²) < 4.78 is 13.7. The van der Waals surface area contributed by atoms with E-state index in [4.69, 9.17) is 0 Å². The molecule has 2 rings (SSSR count). The second-order valence-corrected chi connectivity index (χ2v) is 9.61. The van der Waals surface area contributed by atoms with Crippen LogP contribution in [0.1, 0.15) is 32.2 Å². The van der Waals surface area contributed by atoms with Crippen LogP contribution in [0, 0.1) is 0 Å². The second-order valence-electron chi connectivity index (χ2n) is 5.95. The summed E-state index contributed by atoms with van der Waals surface area (Å²) in [6.45, 7) is 5.77. The average Bonchev–Trinajstić information content (AvgIpc) is 2.46. The van der Waals surface area contributed by atoms with Crippen molar-refractivity contribution in [2.24, 2.45) is 0 Å². The third-order valence-corrected chi connectivity index (χ3v) is 7.62.